The molecule has 0 radical (unpaired) electrons. The van der Waals surface area contributed by atoms with Crippen molar-refractivity contribution in [2.45, 2.75) is 26.9 Å². The molecule has 0 spiro atoms. The van der Waals surface area contributed by atoms with E-state index in [-0.39, 0.29) is 5.69 Å². The largest absolute Gasteiger partial charge is 0.328 e. The minimum atomic E-state index is 0.0930. The number of imidazole rings is 1. The molecule has 0 aliphatic rings. The van der Waals surface area contributed by atoms with Crippen LogP contribution in [0.4, 0.5) is 0 Å². The van der Waals surface area contributed by atoms with Crippen molar-refractivity contribution in [1.82, 2.24) is 14.5 Å². The second-order valence-electron chi connectivity index (χ2n) is 3.68. The van der Waals surface area contributed by atoms with Crippen molar-refractivity contribution < 1.29 is 0 Å². The van der Waals surface area contributed by atoms with Gasteiger partial charge >= 0.3 is 5.69 Å². The summed E-state index contributed by atoms with van der Waals surface area (Å²) in [6.07, 6.45) is 3.70. The molecule has 4 heteroatoms. The van der Waals surface area contributed by atoms with Crippen molar-refractivity contribution in [3.8, 4) is 0 Å². The van der Waals surface area contributed by atoms with Crippen LogP contribution in [0.2, 0.25) is 0 Å². The smallest absolute Gasteiger partial charge is 0.319 e. The van der Waals surface area contributed by atoms with Crippen LogP contribution in [-0.2, 0) is 13.1 Å². The Morgan fingerprint density at radius 1 is 1.43 bits per heavy atom. The van der Waals surface area contributed by atoms with Gasteiger partial charge in [0.25, 0.3) is 0 Å². The molecule has 0 saturated carbocycles. The van der Waals surface area contributed by atoms with Crippen molar-refractivity contribution >= 4 is 0 Å². The summed E-state index contributed by atoms with van der Waals surface area (Å²) in [7, 11) is 1.93. The van der Waals surface area contributed by atoms with Crippen molar-refractivity contribution in [3.63, 3.8) is 0 Å². The van der Waals surface area contributed by atoms with E-state index in [1.807, 2.05) is 26.4 Å². The number of hydrogen-bond donors (Lipinski definition) is 1. The van der Waals surface area contributed by atoms with E-state index in [0.717, 1.165) is 19.6 Å². The monoisotopic (exact) mass is 197 g/mol. The highest BCUT2D eigenvalue weighted by Gasteiger charge is 2.05. The molecular formula is C10H19N3O. The van der Waals surface area contributed by atoms with Gasteiger partial charge in [-0.25, -0.2) is 4.79 Å². The Bertz CT molecular complexity index is 326. The Labute approximate surface area is 84.5 Å². The first-order chi connectivity index (χ1) is 6.69. The van der Waals surface area contributed by atoms with Crippen LogP contribution in [0.3, 0.4) is 0 Å². The third-order valence-corrected chi connectivity index (χ3v) is 2.32. The Balaban J connectivity index is 2.67. The Morgan fingerprint density at radius 2 is 2.07 bits per heavy atom. The third kappa shape index (κ3) is 2.48. The Hall–Kier alpha value is -1.03. The first kappa shape index (κ1) is 11.0. The Kier molecular flexibility index (Phi) is 3.95. The average Bonchev–Trinajstić information content (AvgIpc) is 2.48. The summed E-state index contributed by atoms with van der Waals surface area (Å²) in [5, 5.41) is 3.11. The molecule has 0 aromatic carbocycles. The van der Waals surface area contributed by atoms with Gasteiger partial charge in [-0.1, -0.05) is 6.92 Å². The van der Waals surface area contributed by atoms with Crippen LogP contribution in [0.1, 0.15) is 13.8 Å². The summed E-state index contributed by atoms with van der Waals surface area (Å²) >= 11 is 0. The lowest BCUT2D eigenvalue weighted by molar-refractivity contribution is 0.450. The number of rotatable bonds is 5. The minimum absolute atomic E-state index is 0.0930. The fourth-order valence-electron chi connectivity index (χ4n) is 1.58. The van der Waals surface area contributed by atoms with E-state index in [4.69, 9.17) is 0 Å². The van der Waals surface area contributed by atoms with Gasteiger partial charge < -0.3 is 5.32 Å². The molecule has 1 aromatic heterocycles. The molecule has 1 unspecified atom stereocenters. The van der Waals surface area contributed by atoms with Crippen molar-refractivity contribution in [1.29, 1.82) is 0 Å². The highest BCUT2D eigenvalue weighted by atomic mass is 16.1. The van der Waals surface area contributed by atoms with Crippen LogP contribution in [0.25, 0.3) is 0 Å². The molecule has 4 nitrogen and oxygen atoms in total. The maximum absolute atomic E-state index is 11.6. The molecule has 0 bridgehead atoms. The molecule has 14 heavy (non-hydrogen) atoms. The van der Waals surface area contributed by atoms with E-state index in [0.29, 0.717) is 5.92 Å². The highest BCUT2D eigenvalue weighted by Crippen LogP contribution is 1.96. The average molecular weight is 197 g/mol. The SMILES string of the molecule is CCn1ccn(CC(C)CNC)c1=O. The van der Waals surface area contributed by atoms with E-state index in [1.54, 1.807) is 9.13 Å². The number of aryl methyl sites for hydroxylation is 1. The molecule has 1 heterocycles. The maximum atomic E-state index is 11.6. The van der Waals surface area contributed by atoms with Crippen LogP contribution >= 0.6 is 0 Å². The summed E-state index contributed by atoms with van der Waals surface area (Å²) in [5.41, 5.74) is 0.0930. The fourth-order valence-corrected chi connectivity index (χ4v) is 1.58. The molecule has 0 saturated heterocycles. The van der Waals surface area contributed by atoms with Gasteiger partial charge in [0.2, 0.25) is 0 Å². The zero-order chi connectivity index (χ0) is 10.6. The number of hydrogen-bond acceptors (Lipinski definition) is 2. The van der Waals surface area contributed by atoms with Gasteiger partial charge in [0, 0.05) is 25.5 Å². The summed E-state index contributed by atoms with van der Waals surface area (Å²) in [5.74, 6) is 0.477. The molecule has 1 N–H and O–H groups in total. The number of nitrogens with zero attached hydrogens (tertiary/aromatic N) is 2. The third-order valence-electron chi connectivity index (χ3n) is 2.32. The van der Waals surface area contributed by atoms with Crippen LogP contribution in [0.15, 0.2) is 17.2 Å². The van der Waals surface area contributed by atoms with Crippen LogP contribution in [-0.4, -0.2) is 22.7 Å². The normalized spacial score (nSPS) is 13.1. The van der Waals surface area contributed by atoms with Gasteiger partial charge in [0.05, 0.1) is 0 Å². The summed E-state index contributed by atoms with van der Waals surface area (Å²) < 4.78 is 3.48. The molecular weight excluding hydrogens is 178 g/mol. The van der Waals surface area contributed by atoms with Crippen molar-refractivity contribution in [3.05, 3.63) is 22.9 Å². The summed E-state index contributed by atoms with van der Waals surface area (Å²) in [4.78, 5) is 11.6. The van der Waals surface area contributed by atoms with Gasteiger partial charge in [0.1, 0.15) is 0 Å². The standard InChI is InChI=1S/C10H19N3O/c1-4-12-5-6-13(10(12)14)8-9(2)7-11-3/h5-6,9,11H,4,7-8H2,1-3H3. The van der Waals surface area contributed by atoms with E-state index in [2.05, 4.69) is 12.2 Å². The molecule has 80 valence electrons. The lowest BCUT2D eigenvalue weighted by atomic mass is 10.2. The van der Waals surface area contributed by atoms with Gasteiger partial charge in [-0.2, -0.15) is 0 Å². The fraction of sp³-hybridized carbons (Fsp3) is 0.700. The zero-order valence-corrected chi connectivity index (χ0v) is 9.16. The van der Waals surface area contributed by atoms with Crippen molar-refractivity contribution in [2.24, 2.45) is 5.92 Å². The highest BCUT2D eigenvalue weighted by molar-refractivity contribution is 4.81. The van der Waals surface area contributed by atoms with Crippen LogP contribution in [0.5, 0.6) is 0 Å². The second kappa shape index (κ2) is 5.00. The molecule has 0 amide bonds. The van der Waals surface area contributed by atoms with E-state index >= 15 is 0 Å². The predicted octanol–water partition coefficient (Wildman–Crippen LogP) is 0.525. The molecule has 1 atom stereocenters. The van der Waals surface area contributed by atoms with E-state index in [9.17, 15) is 4.79 Å². The topological polar surface area (TPSA) is 39.0 Å². The maximum Gasteiger partial charge on any atom is 0.328 e. The first-order valence-electron chi connectivity index (χ1n) is 5.09. The van der Waals surface area contributed by atoms with Crippen LogP contribution < -0.4 is 11.0 Å². The lowest BCUT2D eigenvalue weighted by Crippen LogP contribution is -2.28. The van der Waals surface area contributed by atoms with Crippen molar-refractivity contribution in [2.75, 3.05) is 13.6 Å². The van der Waals surface area contributed by atoms with Gasteiger partial charge in [-0.3, -0.25) is 9.13 Å². The predicted molar refractivity (Wildman–Crippen MR) is 57.5 cm³/mol. The lowest BCUT2D eigenvalue weighted by Gasteiger charge is -2.10. The second-order valence-corrected chi connectivity index (χ2v) is 3.68. The van der Waals surface area contributed by atoms with Gasteiger partial charge in [-0.15, -0.1) is 0 Å². The summed E-state index contributed by atoms with van der Waals surface area (Å²) in [6.45, 7) is 6.57. The summed E-state index contributed by atoms with van der Waals surface area (Å²) in [6, 6.07) is 0. The molecule has 1 aromatic rings. The molecule has 1 rings (SSSR count). The van der Waals surface area contributed by atoms with Crippen LogP contribution in [0, 0.1) is 5.92 Å². The quantitative estimate of drug-likeness (QED) is 0.747. The minimum Gasteiger partial charge on any atom is -0.319 e. The number of nitrogens with one attached hydrogen (secondary N) is 1. The zero-order valence-electron chi connectivity index (χ0n) is 9.16. The van der Waals surface area contributed by atoms with Gasteiger partial charge in [-0.05, 0) is 26.4 Å². The van der Waals surface area contributed by atoms with E-state index < -0.39 is 0 Å². The first-order valence-corrected chi connectivity index (χ1v) is 5.09. The van der Waals surface area contributed by atoms with E-state index in [1.165, 1.54) is 0 Å². The number of aromatic nitrogens is 2. The Morgan fingerprint density at radius 3 is 2.57 bits per heavy atom. The van der Waals surface area contributed by atoms with Gasteiger partial charge in [0.15, 0.2) is 0 Å². The molecule has 0 aliphatic heterocycles. The molecule has 0 fully saturated rings. The molecule has 0 aliphatic carbocycles.